The average Bonchev–Trinajstić information content (AvgIpc) is 3.21. The van der Waals surface area contributed by atoms with E-state index in [-0.39, 0.29) is 47.2 Å². The number of rotatable bonds is 5. The molecule has 1 saturated heterocycles. The number of aromatic hydroxyl groups is 2. The van der Waals surface area contributed by atoms with Crippen LogP contribution in [0.5, 0.6) is 17.2 Å². The van der Waals surface area contributed by atoms with Crippen molar-refractivity contribution < 1.29 is 44.0 Å². The summed E-state index contributed by atoms with van der Waals surface area (Å²) in [6, 6.07) is 8.27. The van der Waals surface area contributed by atoms with Gasteiger partial charge >= 0.3 is 5.97 Å². The molecule has 1 fully saturated rings. The number of ketones is 2. The lowest BCUT2D eigenvalue weighted by Gasteiger charge is -2.42. The van der Waals surface area contributed by atoms with Crippen molar-refractivity contribution in [3.8, 4) is 17.2 Å². The Morgan fingerprint density at radius 2 is 1.76 bits per heavy atom. The average molecular weight is 570 g/mol. The molecule has 10 heteroatoms. The summed E-state index contributed by atoms with van der Waals surface area (Å²) in [5.41, 5.74) is 1.96. The number of hydrogen-bond acceptors (Lipinski definition) is 8. The monoisotopic (exact) mass is 569 g/mol. The summed E-state index contributed by atoms with van der Waals surface area (Å²) < 4.78 is 5.59. The molecule has 2 aromatic carbocycles. The molecule has 1 heterocycles. The van der Waals surface area contributed by atoms with E-state index in [2.05, 4.69) is 0 Å². The van der Waals surface area contributed by atoms with E-state index in [1.54, 1.807) is 26.0 Å². The Morgan fingerprint density at radius 1 is 1.00 bits per heavy atom. The van der Waals surface area contributed by atoms with E-state index in [0.29, 0.717) is 28.9 Å². The zero-order valence-corrected chi connectivity index (χ0v) is 22.8. The molecule has 0 spiro atoms. The highest BCUT2D eigenvalue weighted by Crippen LogP contribution is 2.56. The molecule has 1 aliphatic heterocycles. The third-order valence-electron chi connectivity index (χ3n) is 8.65. The molecular formula is C32H27NO9. The number of aromatic carboxylic acids is 1. The number of benzene rings is 2. The van der Waals surface area contributed by atoms with E-state index in [1.807, 2.05) is 6.08 Å². The lowest BCUT2D eigenvalue weighted by Crippen LogP contribution is -2.39. The van der Waals surface area contributed by atoms with Crippen LogP contribution >= 0.6 is 0 Å². The molecule has 0 bridgehead atoms. The van der Waals surface area contributed by atoms with Crippen molar-refractivity contribution >= 4 is 35.0 Å². The van der Waals surface area contributed by atoms with Crippen LogP contribution in [-0.4, -0.2) is 51.3 Å². The summed E-state index contributed by atoms with van der Waals surface area (Å²) in [6.45, 7) is 3.63. The number of ether oxygens (including phenoxy) is 1. The van der Waals surface area contributed by atoms with Crippen LogP contribution in [0.1, 0.15) is 48.5 Å². The van der Waals surface area contributed by atoms with E-state index in [0.717, 1.165) is 22.6 Å². The predicted octanol–water partition coefficient (Wildman–Crippen LogP) is 3.83. The number of carbonyl (C=O) groups is 5. The zero-order chi connectivity index (χ0) is 30.0. The molecule has 0 radical (unpaired) electrons. The van der Waals surface area contributed by atoms with Gasteiger partial charge in [0.05, 0.1) is 24.1 Å². The van der Waals surface area contributed by atoms with Gasteiger partial charge in [-0.3, -0.25) is 19.2 Å². The van der Waals surface area contributed by atoms with Crippen LogP contribution in [0.15, 0.2) is 70.8 Å². The van der Waals surface area contributed by atoms with Crippen LogP contribution in [0.25, 0.3) is 0 Å². The minimum absolute atomic E-state index is 0.0540. The Kier molecular flexibility index (Phi) is 6.36. The van der Waals surface area contributed by atoms with E-state index in [1.165, 1.54) is 18.2 Å². The molecule has 42 heavy (non-hydrogen) atoms. The van der Waals surface area contributed by atoms with Crippen molar-refractivity contribution in [3.63, 3.8) is 0 Å². The van der Waals surface area contributed by atoms with Gasteiger partial charge in [-0.2, -0.15) is 0 Å². The molecule has 3 aliphatic carbocycles. The molecule has 4 aliphatic rings. The highest BCUT2D eigenvalue weighted by atomic mass is 16.5. The molecule has 10 nitrogen and oxygen atoms in total. The second-order valence-corrected chi connectivity index (χ2v) is 10.9. The number of allylic oxidation sites excluding steroid dienone is 6. The summed E-state index contributed by atoms with van der Waals surface area (Å²) in [6.07, 6.45) is 3.50. The Hall–Kier alpha value is -4.99. The number of Topliss-reactive ketones (excluding diaryl/α,β-unsaturated/α-hetero) is 1. The standard InChI is InChI=1S/C32H27NO9/c1-3-42-25-11-15(4-9-22(25)34)26-17-7-8-19-27(20(17)13-21-28(26)24(36)10-14(2)29(21)37)31(39)33(30(19)38)16-5-6-18(32(40)41)23(35)12-16/h4-7,9-12,19-20,26-27,34-35H,3,8,13H2,1-2H3,(H,40,41). The first-order valence-electron chi connectivity index (χ1n) is 13.6. The van der Waals surface area contributed by atoms with Gasteiger partial charge in [-0.05, 0) is 68.5 Å². The number of hydrogen-bond donors (Lipinski definition) is 3. The summed E-state index contributed by atoms with van der Waals surface area (Å²) >= 11 is 0. The minimum Gasteiger partial charge on any atom is -0.507 e. The zero-order valence-electron chi connectivity index (χ0n) is 22.8. The Morgan fingerprint density at radius 3 is 2.45 bits per heavy atom. The van der Waals surface area contributed by atoms with Crippen molar-refractivity contribution in [2.45, 2.75) is 32.6 Å². The maximum atomic E-state index is 14.0. The second-order valence-electron chi connectivity index (χ2n) is 10.9. The lowest BCUT2D eigenvalue weighted by molar-refractivity contribution is -0.123. The lowest BCUT2D eigenvalue weighted by atomic mass is 9.59. The first-order chi connectivity index (χ1) is 20.0. The van der Waals surface area contributed by atoms with Gasteiger partial charge in [-0.25, -0.2) is 9.69 Å². The molecule has 2 aromatic rings. The minimum atomic E-state index is -1.35. The smallest absolute Gasteiger partial charge is 0.339 e. The Bertz CT molecular complexity index is 1710. The summed E-state index contributed by atoms with van der Waals surface area (Å²) in [4.78, 5) is 66.8. The summed E-state index contributed by atoms with van der Waals surface area (Å²) in [5, 5.41) is 29.8. The highest BCUT2D eigenvalue weighted by molar-refractivity contribution is 6.25. The number of nitrogens with zero attached hydrogens (tertiary/aromatic N) is 1. The van der Waals surface area contributed by atoms with E-state index in [4.69, 9.17) is 4.74 Å². The molecule has 4 atom stereocenters. The predicted molar refractivity (Wildman–Crippen MR) is 148 cm³/mol. The van der Waals surface area contributed by atoms with Crippen LogP contribution < -0.4 is 9.64 Å². The number of phenols is 2. The van der Waals surface area contributed by atoms with Crippen LogP contribution in [0.2, 0.25) is 0 Å². The molecule has 0 saturated carbocycles. The van der Waals surface area contributed by atoms with Crippen LogP contribution in [0.4, 0.5) is 5.69 Å². The van der Waals surface area contributed by atoms with E-state index >= 15 is 0 Å². The van der Waals surface area contributed by atoms with Crippen LogP contribution in [0, 0.1) is 17.8 Å². The van der Waals surface area contributed by atoms with Crippen LogP contribution in [0.3, 0.4) is 0 Å². The van der Waals surface area contributed by atoms with Gasteiger partial charge in [0.15, 0.2) is 23.1 Å². The summed E-state index contributed by atoms with van der Waals surface area (Å²) in [5.74, 6) is -6.23. The number of anilines is 1. The fraction of sp³-hybridized carbons (Fsp3) is 0.281. The number of carboxylic acids is 1. The Balaban J connectivity index is 1.46. The largest absolute Gasteiger partial charge is 0.507 e. The van der Waals surface area contributed by atoms with Crippen molar-refractivity contribution in [2.75, 3.05) is 11.5 Å². The van der Waals surface area contributed by atoms with Crippen LogP contribution in [-0.2, 0) is 19.2 Å². The van der Waals surface area contributed by atoms with Gasteiger partial charge in [0.1, 0.15) is 11.3 Å². The first-order valence-corrected chi connectivity index (χ1v) is 13.6. The molecular weight excluding hydrogens is 542 g/mol. The number of fused-ring (bicyclic) bond motifs is 3. The SMILES string of the molecule is CCOc1cc(C2C3=CCC4C(=O)N(c5ccc(C(=O)O)c(O)c5)C(=O)C4C3CC3=C2C(=O)C=C(C)C3=O)ccc1O. The van der Waals surface area contributed by atoms with E-state index in [9.17, 15) is 39.3 Å². The summed E-state index contributed by atoms with van der Waals surface area (Å²) in [7, 11) is 0. The van der Waals surface area contributed by atoms with Gasteiger partial charge < -0.3 is 20.1 Å². The maximum absolute atomic E-state index is 14.0. The molecule has 0 aromatic heterocycles. The normalized spacial score (nSPS) is 25.0. The van der Waals surface area contributed by atoms with Gasteiger partial charge in [-0.1, -0.05) is 17.7 Å². The quantitative estimate of drug-likeness (QED) is 0.276. The number of imide groups is 1. The molecule has 2 amide bonds. The Labute approximate surface area is 240 Å². The third kappa shape index (κ3) is 3.97. The number of phenolic OH excluding ortho intramolecular Hbond substituents is 1. The van der Waals surface area contributed by atoms with Gasteiger partial charge in [-0.15, -0.1) is 0 Å². The molecule has 4 unspecified atom stereocenters. The van der Waals surface area contributed by atoms with Gasteiger partial charge in [0.25, 0.3) is 0 Å². The maximum Gasteiger partial charge on any atom is 0.339 e. The van der Waals surface area contributed by atoms with Crippen molar-refractivity contribution in [3.05, 3.63) is 82.0 Å². The number of amides is 2. The van der Waals surface area contributed by atoms with Crippen molar-refractivity contribution in [1.29, 1.82) is 0 Å². The fourth-order valence-corrected chi connectivity index (χ4v) is 6.84. The third-order valence-corrected chi connectivity index (χ3v) is 8.65. The fourth-order valence-electron chi connectivity index (χ4n) is 6.84. The highest BCUT2D eigenvalue weighted by Gasteiger charge is 2.56. The number of carbonyl (C=O) groups excluding carboxylic acids is 4. The van der Waals surface area contributed by atoms with E-state index < -0.39 is 47.2 Å². The number of carboxylic acid groups (broad SMARTS) is 1. The first kappa shape index (κ1) is 27.2. The van der Waals surface area contributed by atoms with Crippen molar-refractivity contribution in [1.82, 2.24) is 0 Å². The van der Waals surface area contributed by atoms with Gasteiger partial charge in [0, 0.05) is 28.7 Å². The topological polar surface area (TPSA) is 159 Å². The van der Waals surface area contributed by atoms with Gasteiger partial charge in [0.2, 0.25) is 11.8 Å². The van der Waals surface area contributed by atoms with Crippen molar-refractivity contribution in [2.24, 2.45) is 17.8 Å². The molecule has 6 rings (SSSR count). The molecule has 3 N–H and O–H groups in total. The molecule has 214 valence electrons. The second kappa shape index (κ2) is 9.83.